The van der Waals surface area contributed by atoms with Gasteiger partial charge in [-0.3, -0.25) is 0 Å². The second kappa shape index (κ2) is 3.34. The molecule has 1 saturated heterocycles. The Bertz CT molecular complexity index is 393. The molecular weight excluding hydrogens is 243 g/mol. The molecule has 4 unspecified atom stereocenters. The highest BCUT2D eigenvalue weighted by atomic mass is 31.2. The highest BCUT2D eigenvalue weighted by Crippen LogP contribution is 2.70. The van der Waals surface area contributed by atoms with Crippen molar-refractivity contribution in [2.45, 2.75) is 49.6 Å². The van der Waals surface area contributed by atoms with Crippen LogP contribution in [0.1, 0.15) is 26.2 Å². The smallest absolute Gasteiger partial charge is 0.132 e. The van der Waals surface area contributed by atoms with E-state index in [0.717, 1.165) is 25.9 Å². The molecule has 17 heavy (non-hydrogen) atoms. The lowest BCUT2D eigenvalue weighted by molar-refractivity contribution is -0.209. The molecule has 3 aliphatic rings. The third kappa shape index (κ3) is 1.64. The highest BCUT2D eigenvalue weighted by Gasteiger charge is 2.77. The fourth-order valence-electron chi connectivity index (χ4n) is 3.80. The summed E-state index contributed by atoms with van der Waals surface area (Å²) in [7, 11) is -2.06. The van der Waals surface area contributed by atoms with Gasteiger partial charge in [-0.05, 0) is 25.7 Å². The van der Waals surface area contributed by atoms with E-state index in [9.17, 15) is 9.46 Å². The topological polar surface area (TPSA) is 67.8 Å². The first-order valence-electron chi connectivity index (χ1n) is 6.01. The van der Waals surface area contributed by atoms with E-state index in [1.807, 2.05) is 6.92 Å². The van der Waals surface area contributed by atoms with Crippen LogP contribution >= 0.6 is 7.60 Å². The van der Waals surface area contributed by atoms with E-state index >= 15 is 0 Å². The van der Waals surface area contributed by atoms with Crippen molar-refractivity contribution in [3.05, 3.63) is 0 Å². The average Bonchev–Trinajstić information content (AvgIpc) is 2.61. The van der Waals surface area contributed by atoms with Crippen LogP contribution in [-0.4, -0.2) is 37.2 Å². The average molecular weight is 261 g/mol. The Morgan fingerprint density at radius 3 is 2.71 bits per heavy atom. The quantitative estimate of drug-likeness (QED) is 0.706. The number of rotatable bonds is 3. The lowest BCUT2D eigenvalue weighted by Crippen LogP contribution is -2.44. The minimum Gasteiger partial charge on any atom is -0.779 e. The van der Waals surface area contributed by atoms with Gasteiger partial charge in [0, 0.05) is 20.2 Å². The summed E-state index contributed by atoms with van der Waals surface area (Å²) >= 11 is 0. The van der Waals surface area contributed by atoms with Crippen LogP contribution in [0, 0.1) is 5.92 Å². The van der Waals surface area contributed by atoms with Gasteiger partial charge < -0.3 is 23.5 Å². The molecule has 0 amide bonds. The Morgan fingerprint density at radius 1 is 1.41 bits per heavy atom. The van der Waals surface area contributed by atoms with Gasteiger partial charge in [-0.25, -0.2) is 0 Å². The Hall–Kier alpha value is 0.0700. The minimum absolute atomic E-state index is 0.102. The van der Waals surface area contributed by atoms with Gasteiger partial charge in [0.2, 0.25) is 0 Å². The number of hydrogen-bond acceptors (Lipinski definition) is 5. The standard InChI is InChI=1S/C11H19O5P/c1-7-4-10(14-2)5-8-6-11(8,9(10)15-7)16-17(3,12)13/h7-9H,4-6H2,1-3H3,(H,12,13)/p-1/t7-,8?,9?,10?,11+/m0/s1. The Labute approximate surface area is 101 Å². The molecule has 0 aromatic carbocycles. The maximum absolute atomic E-state index is 11.4. The molecule has 3 fully saturated rings. The van der Waals surface area contributed by atoms with E-state index in [2.05, 4.69) is 0 Å². The van der Waals surface area contributed by atoms with Crippen LogP contribution in [0.25, 0.3) is 0 Å². The summed E-state index contributed by atoms with van der Waals surface area (Å²) in [6.07, 6.45) is 2.31. The zero-order valence-corrected chi connectivity index (χ0v) is 11.2. The van der Waals surface area contributed by atoms with E-state index in [0.29, 0.717) is 0 Å². The number of ether oxygens (including phenoxy) is 2. The highest BCUT2D eigenvalue weighted by molar-refractivity contribution is 7.50. The van der Waals surface area contributed by atoms with Crippen molar-refractivity contribution in [1.29, 1.82) is 0 Å². The maximum atomic E-state index is 11.4. The number of fused-ring (bicyclic) bond motifs is 3. The molecule has 5 nitrogen and oxygen atoms in total. The van der Waals surface area contributed by atoms with E-state index in [1.54, 1.807) is 7.11 Å². The third-order valence-corrected chi connectivity index (χ3v) is 5.03. The fraction of sp³-hybridized carbons (Fsp3) is 1.00. The van der Waals surface area contributed by atoms with Crippen LogP contribution in [-0.2, 0) is 18.6 Å². The van der Waals surface area contributed by atoms with Gasteiger partial charge in [0.1, 0.15) is 19.3 Å². The largest absolute Gasteiger partial charge is 0.779 e. The lowest BCUT2D eigenvalue weighted by Gasteiger charge is -2.34. The molecular formula is C11H18O5P-. The van der Waals surface area contributed by atoms with Gasteiger partial charge in [0.15, 0.2) is 0 Å². The first-order chi connectivity index (χ1) is 7.81. The molecule has 3 rings (SSSR count). The Kier molecular flexibility index (Phi) is 2.38. The molecule has 0 spiro atoms. The van der Waals surface area contributed by atoms with Gasteiger partial charge in [0.25, 0.3) is 0 Å². The van der Waals surface area contributed by atoms with Crippen LogP contribution in [0.2, 0.25) is 0 Å². The van der Waals surface area contributed by atoms with Crippen molar-refractivity contribution in [2.75, 3.05) is 13.8 Å². The van der Waals surface area contributed by atoms with Crippen molar-refractivity contribution in [3.8, 4) is 0 Å². The van der Waals surface area contributed by atoms with Crippen LogP contribution < -0.4 is 4.89 Å². The lowest BCUT2D eigenvalue weighted by atomic mass is 9.91. The zero-order chi connectivity index (χ0) is 12.5. The normalized spacial score (nSPS) is 55.2. The predicted octanol–water partition coefficient (Wildman–Crippen LogP) is 0.911. The monoisotopic (exact) mass is 261 g/mol. The molecule has 0 N–H and O–H groups in total. The Morgan fingerprint density at radius 2 is 2.12 bits per heavy atom. The van der Waals surface area contributed by atoms with Crippen molar-refractivity contribution >= 4 is 7.60 Å². The molecule has 1 aliphatic heterocycles. The van der Waals surface area contributed by atoms with E-state index in [1.165, 1.54) is 0 Å². The number of hydrogen-bond donors (Lipinski definition) is 0. The van der Waals surface area contributed by atoms with E-state index < -0.39 is 13.2 Å². The molecule has 0 bridgehead atoms. The van der Waals surface area contributed by atoms with Crippen LogP contribution in [0.3, 0.4) is 0 Å². The van der Waals surface area contributed by atoms with Crippen molar-refractivity contribution in [3.63, 3.8) is 0 Å². The van der Waals surface area contributed by atoms with Gasteiger partial charge in [-0.2, -0.15) is 0 Å². The van der Waals surface area contributed by atoms with Crippen LogP contribution in [0.5, 0.6) is 0 Å². The Balaban J connectivity index is 1.89. The van der Waals surface area contributed by atoms with Gasteiger partial charge in [-0.15, -0.1) is 0 Å². The molecule has 2 aliphatic carbocycles. The van der Waals surface area contributed by atoms with Crippen molar-refractivity contribution in [1.82, 2.24) is 0 Å². The van der Waals surface area contributed by atoms with E-state index in [4.69, 9.17) is 14.0 Å². The summed E-state index contributed by atoms with van der Waals surface area (Å²) in [4.78, 5) is 11.4. The second-order valence-corrected chi connectivity index (χ2v) is 7.45. The summed E-state index contributed by atoms with van der Waals surface area (Å²) in [5.74, 6) is 0.266. The molecule has 0 radical (unpaired) electrons. The van der Waals surface area contributed by atoms with Gasteiger partial charge >= 0.3 is 0 Å². The first kappa shape index (κ1) is 12.1. The zero-order valence-electron chi connectivity index (χ0n) is 10.3. The summed E-state index contributed by atoms with van der Waals surface area (Å²) in [5, 5.41) is 0. The second-order valence-electron chi connectivity index (χ2n) is 5.72. The molecule has 2 saturated carbocycles. The minimum atomic E-state index is -3.73. The molecule has 0 aromatic heterocycles. The third-order valence-electron chi connectivity index (χ3n) is 4.35. The van der Waals surface area contributed by atoms with Crippen LogP contribution in [0.4, 0.5) is 0 Å². The van der Waals surface area contributed by atoms with Gasteiger partial charge in [0.05, 0.1) is 11.7 Å². The number of methoxy groups -OCH3 is 1. The predicted molar refractivity (Wildman–Crippen MR) is 58.8 cm³/mol. The summed E-state index contributed by atoms with van der Waals surface area (Å²) in [6.45, 7) is 3.12. The first-order valence-corrected chi connectivity index (χ1v) is 8.00. The van der Waals surface area contributed by atoms with Crippen LogP contribution in [0.15, 0.2) is 0 Å². The summed E-state index contributed by atoms with van der Waals surface area (Å²) in [6, 6.07) is 0. The van der Waals surface area contributed by atoms with Crippen molar-refractivity contribution < 1.29 is 23.5 Å². The van der Waals surface area contributed by atoms with E-state index in [-0.39, 0.29) is 23.7 Å². The maximum Gasteiger partial charge on any atom is 0.132 e. The molecule has 6 atom stereocenters. The fourth-order valence-corrected chi connectivity index (χ4v) is 4.74. The molecule has 0 aromatic rings. The molecule has 98 valence electrons. The SMILES string of the molecule is COC12CC3C[C@]3(OP(C)(=O)[O-])C1O[C@@H](C)C2. The van der Waals surface area contributed by atoms with Crippen molar-refractivity contribution in [2.24, 2.45) is 5.92 Å². The molecule has 1 heterocycles. The van der Waals surface area contributed by atoms with Gasteiger partial charge in [-0.1, -0.05) is 0 Å². The summed E-state index contributed by atoms with van der Waals surface area (Å²) < 4.78 is 28.2. The molecule has 6 heteroatoms. The summed E-state index contributed by atoms with van der Waals surface area (Å²) in [5.41, 5.74) is -0.968.